The molecule has 182 valence electrons. The molecule has 1 aliphatic heterocycles. The van der Waals surface area contributed by atoms with Crippen LogP contribution in [-0.2, 0) is 11.2 Å². The van der Waals surface area contributed by atoms with Gasteiger partial charge in [0.2, 0.25) is 5.91 Å². The van der Waals surface area contributed by atoms with Crippen molar-refractivity contribution in [2.75, 3.05) is 31.6 Å². The molecular weight excluding hydrogens is 440 g/mol. The van der Waals surface area contributed by atoms with Crippen LogP contribution in [0.4, 0.5) is 11.5 Å². The lowest BCUT2D eigenvalue weighted by molar-refractivity contribution is -0.121. The number of para-hydroxylation sites is 2. The number of nitrogens with one attached hydrogen (secondary N) is 2. The molecule has 0 saturated heterocycles. The van der Waals surface area contributed by atoms with Gasteiger partial charge in [-0.25, -0.2) is 4.98 Å². The van der Waals surface area contributed by atoms with Crippen LogP contribution >= 0.6 is 0 Å². The first-order chi connectivity index (χ1) is 17.2. The Morgan fingerprint density at radius 1 is 0.971 bits per heavy atom. The number of carbonyl (C=O) groups is 2. The number of nitrogens with zero attached hydrogens (tertiary/aromatic N) is 2. The Balaban J connectivity index is 1.49. The molecule has 1 aromatic heterocycles. The average molecular weight is 473 g/mol. The van der Waals surface area contributed by atoms with Gasteiger partial charge in [0.15, 0.2) is 0 Å². The smallest absolute Gasteiger partial charge is 0.258 e. The summed E-state index contributed by atoms with van der Waals surface area (Å²) in [4.78, 5) is 32.4. The van der Waals surface area contributed by atoms with Gasteiger partial charge in [-0.3, -0.25) is 9.59 Å². The lowest BCUT2D eigenvalue weighted by Gasteiger charge is -2.24. The van der Waals surface area contributed by atoms with Gasteiger partial charge >= 0.3 is 0 Å². The molecule has 0 radical (unpaired) electrons. The zero-order valence-corrected chi connectivity index (χ0v) is 19.9. The molecule has 7 nitrogen and oxygen atoms in total. The fourth-order valence-corrected chi connectivity index (χ4v) is 4.08. The van der Waals surface area contributed by atoms with Gasteiger partial charge < -0.3 is 20.3 Å². The standard InChI is InChI=1S/C28H32N4O3/c33-26(29-18-16-22-11-4-3-5-12-22)21-32-19-8-1-2-9-20-35-25-15-7-6-14-24(25)31-27-23(28(32)34)13-10-17-30-27/h3-7,10-15,17H,1-2,8-9,16,18-21H2,(H,29,33)(H,30,31). The normalized spacial score (nSPS) is 14.5. The number of hydrogen-bond acceptors (Lipinski definition) is 5. The third kappa shape index (κ3) is 7.06. The van der Waals surface area contributed by atoms with Crippen molar-refractivity contribution in [2.24, 2.45) is 0 Å². The number of pyridine rings is 1. The molecule has 1 aliphatic rings. The third-order valence-electron chi connectivity index (χ3n) is 5.96. The maximum absolute atomic E-state index is 13.6. The van der Waals surface area contributed by atoms with Crippen LogP contribution in [0.25, 0.3) is 0 Å². The van der Waals surface area contributed by atoms with Gasteiger partial charge in [0.1, 0.15) is 11.6 Å². The molecule has 2 heterocycles. The number of rotatable bonds is 5. The Morgan fingerprint density at radius 2 is 1.77 bits per heavy atom. The molecule has 4 rings (SSSR count). The molecule has 0 bridgehead atoms. The van der Waals surface area contributed by atoms with E-state index in [2.05, 4.69) is 15.6 Å². The molecule has 7 heteroatoms. The second-order valence-corrected chi connectivity index (χ2v) is 8.60. The van der Waals surface area contributed by atoms with E-state index in [1.54, 1.807) is 23.2 Å². The summed E-state index contributed by atoms with van der Waals surface area (Å²) in [5.74, 6) is 0.796. The van der Waals surface area contributed by atoms with E-state index in [9.17, 15) is 9.59 Å². The maximum Gasteiger partial charge on any atom is 0.258 e. The average Bonchev–Trinajstić information content (AvgIpc) is 2.88. The molecule has 0 atom stereocenters. The molecule has 2 amide bonds. The number of benzene rings is 2. The van der Waals surface area contributed by atoms with E-state index in [1.165, 1.54) is 0 Å². The van der Waals surface area contributed by atoms with Gasteiger partial charge in [0, 0.05) is 19.3 Å². The van der Waals surface area contributed by atoms with Gasteiger partial charge in [-0.05, 0) is 49.1 Å². The van der Waals surface area contributed by atoms with E-state index >= 15 is 0 Å². The number of aromatic nitrogens is 1. The van der Waals surface area contributed by atoms with Crippen LogP contribution in [0.1, 0.15) is 41.6 Å². The van der Waals surface area contributed by atoms with Gasteiger partial charge in [-0.1, -0.05) is 55.3 Å². The van der Waals surface area contributed by atoms with Crippen molar-refractivity contribution in [1.82, 2.24) is 15.2 Å². The van der Waals surface area contributed by atoms with Crippen LogP contribution < -0.4 is 15.4 Å². The van der Waals surface area contributed by atoms with Crippen molar-refractivity contribution in [3.63, 3.8) is 0 Å². The molecule has 0 aliphatic carbocycles. The summed E-state index contributed by atoms with van der Waals surface area (Å²) < 4.78 is 5.98. The molecule has 0 unspecified atom stereocenters. The molecule has 0 saturated carbocycles. The lowest BCUT2D eigenvalue weighted by atomic mass is 10.1. The summed E-state index contributed by atoms with van der Waals surface area (Å²) in [7, 11) is 0. The highest BCUT2D eigenvalue weighted by atomic mass is 16.5. The number of fused-ring (bicyclic) bond motifs is 2. The van der Waals surface area contributed by atoms with Crippen LogP contribution in [0.5, 0.6) is 5.75 Å². The zero-order chi connectivity index (χ0) is 24.3. The van der Waals surface area contributed by atoms with Crippen LogP contribution in [0.2, 0.25) is 0 Å². The van der Waals surface area contributed by atoms with Crippen LogP contribution in [0, 0.1) is 0 Å². The summed E-state index contributed by atoms with van der Waals surface area (Å²) >= 11 is 0. The van der Waals surface area contributed by atoms with Crippen molar-refractivity contribution >= 4 is 23.3 Å². The third-order valence-corrected chi connectivity index (χ3v) is 5.96. The number of anilines is 2. The highest BCUT2D eigenvalue weighted by Gasteiger charge is 2.22. The van der Waals surface area contributed by atoms with Crippen LogP contribution in [0.3, 0.4) is 0 Å². The second-order valence-electron chi connectivity index (χ2n) is 8.60. The van der Waals surface area contributed by atoms with Gasteiger partial charge in [-0.15, -0.1) is 0 Å². The first-order valence-electron chi connectivity index (χ1n) is 12.2. The predicted octanol–water partition coefficient (Wildman–Crippen LogP) is 4.58. The van der Waals surface area contributed by atoms with Crippen molar-refractivity contribution in [2.45, 2.75) is 32.1 Å². The Labute approximate surface area is 206 Å². The highest BCUT2D eigenvalue weighted by molar-refractivity contribution is 6.01. The number of carbonyl (C=O) groups excluding carboxylic acids is 2. The first-order valence-corrected chi connectivity index (χ1v) is 12.2. The quantitative estimate of drug-likeness (QED) is 0.568. The Kier molecular flexibility index (Phi) is 8.70. The number of ether oxygens (including phenoxy) is 1. The van der Waals surface area contributed by atoms with Crippen LogP contribution in [0.15, 0.2) is 72.9 Å². The number of amides is 2. The van der Waals surface area contributed by atoms with Crippen molar-refractivity contribution in [3.05, 3.63) is 84.1 Å². The molecule has 35 heavy (non-hydrogen) atoms. The molecule has 0 fully saturated rings. The summed E-state index contributed by atoms with van der Waals surface area (Å²) in [6.07, 6.45) is 6.10. The minimum Gasteiger partial charge on any atom is -0.491 e. The molecule has 0 spiro atoms. The Bertz CT molecular complexity index is 1120. The van der Waals surface area contributed by atoms with Crippen LogP contribution in [-0.4, -0.2) is 47.9 Å². The topological polar surface area (TPSA) is 83.6 Å². The lowest BCUT2D eigenvalue weighted by Crippen LogP contribution is -2.42. The van der Waals surface area contributed by atoms with E-state index in [0.717, 1.165) is 49.1 Å². The van der Waals surface area contributed by atoms with Crippen molar-refractivity contribution < 1.29 is 14.3 Å². The van der Waals surface area contributed by atoms with Gasteiger partial charge in [0.05, 0.1) is 24.4 Å². The van der Waals surface area contributed by atoms with E-state index < -0.39 is 0 Å². The fourth-order valence-electron chi connectivity index (χ4n) is 4.08. The molecular formula is C28H32N4O3. The van der Waals surface area contributed by atoms with Gasteiger partial charge in [-0.2, -0.15) is 0 Å². The summed E-state index contributed by atoms with van der Waals surface area (Å²) in [5, 5.41) is 6.23. The van der Waals surface area contributed by atoms with E-state index in [0.29, 0.717) is 31.1 Å². The van der Waals surface area contributed by atoms with Crippen molar-refractivity contribution in [3.8, 4) is 5.75 Å². The Morgan fingerprint density at radius 3 is 2.66 bits per heavy atom. The largest absolute Gasteiger partial charge is 0.491 e. The maximum atomic E-state index is 13.6. The second kappa shape index (κ2) is 12.6. The number of hydrogen-bond donors (Lipinski definition) is 2. The summed E-state index contributed by atoms with van der Waals surface area (Å²) in [6.45, 7) is 1.68. The minimum absolute atomic E-state index is 0.0155. The monoisotopic (exact) mass is 472 g/mol. The predicted molar refractivity (Wildman–Crippen MR) is 137 cm³/mol. The Hall–Kier alpha value is -3.87. The highest BCUT2D eigenvalue weighted by Crippen LogP contribution is 2.29. The summed E-state index contributed by atoms with van der Waals surface area (Å²) in [6, 6.07) is 21.2. The molecule has 2 N–H and O–H groups in total. The fraction of sp³-hybridized carbons (Fsp3) is 0.321. The summed E-state index contributed by atoms with van der Waals surface area (Å²) in [5.41, 5.74) is 2.34. The van der Waals surface area contributed by atoms with E-state index in [-0.39, 0.29) is 18.4 Å². The van der Waals surface area contributed by atoms with Crippen molar-refractivity contribution in [1.29, 1.82) is 0 Å². The van der Waals surface area contributed by atoms with E-state index in [1.807, 2.05) is 54.6 Å². The van der Waals surface area contributed by atoms with Gasteiger partial charge in [0.25, 0.3) is 5.91 Å². The molecule has 2 aromatic carbocycles. The minimum atomic E-state index is -0.214. The first kappa shape index (κ1) is 24.3. The molecule has 3 aromatic rings. The SMILES string of the molecule is O=C(CN1CCCCCCOc2ccccc2Nc2ncccc2C1=O)NCCc1ccccc1. The van der Waals surface area contributed by atoms with E-state index in [4.69, 9.17) is 4.74 Å². The zero-order valence-electron chi connectivity index (χ0n) is 19.9.